The van der Waals surface area contributed by atoms with Gasteiger partial charge in [-0.1, -0.05) is 86.8 Å². The van der Waals surface area contributed by atoms with Gasteiger partial charge in [0.1, 0.15) is 0 Å². The van der Waals surface area contributed by atoms with Crippen LogP contribution in [0.25, 0.3) is 0 Å². The number of aromatic nitrogens is 1. The summed E-state index contributed by atoms with van der Waals surface area (Å²) in [4.78, 5) is 43.2. The molecule has 1 aromatic rings. The average Bonchev–Trinajstić information content (AvgIpc) is 3.42. The van der Waals surface area contributed by atoms with Gasteiger partial charge < -0.3 is 20.6 Å². The minimum atomic E-state index is -0.886. The highest BCUT2D eigenvalue weighted by Crippen LogP contribution is 2.32. The van der Waals surface area contributed by atoms with Crippen LogP contribution in [0.2, 0.25) is 0 Å². The lowest BCUT2D eigenvalue weighted by molar-refractivity contribution is -0.121. The zero-order valence-electron chi connectivity index (χ0n) is 27.1. The van der Waals surface area contributed by atoms with Gasteiger partial charge in [-0.05, 0) is 64.2 Å². The molecular formula is C36H52N4O4S. The Hall–Kier alpha value is -3.72. The third kappa shape index (κ3) is 16.8. The highest BCUT2D eigenvalue weighted by Gasteiger charge is 2.29. The third-order valence-corrected chi connectivity index (χ3v) is 8.16. The van der Waals surface area contributed by atoms with Crippen LogP contribution in [-0.2, 0) is 22.4 Å². The summed E-state index contributed by atoms with van der Waals surface area (Å²) in [5.74, 6) is -0.277. The molecule has 1 aliphatic carbocycles. The number of allylic oxidation sites excluding steroid dienone is 12. The van der Waals surface area contributed by atoms with Crippen molar-refractivity contribution in [2.75, 3.05) is 18.4 Å². The zero-order chi connectivity index (χ0) is 32.5. The first-order valence-electron chi connectivity index (χ1n) is 16.4. The smallest absolute Gasteiger partial charge is 0.407 e. The van der Waals surface area contributed by atoms with Crippen molar-refractivity contribution in [3.05, 3.63) is 83.5 Å². The Labute approximate surface area is 273 Å². The van der Waals surface area contributed by atoms with E-state index in [1.54, 1.807) is 0 Å². The second-order valence-corrected chi connectivity index (χ2v) is 11.9. The van der Waals surface area contributed by atoms with E-state index in [0.717, 1.165) is 61.9 Å². The molecule has 1 aliphatic rings. The van der Waals surface area contributed by atoms with Crippen LogP contribution in [0.5, 0.6) is 0 Å². The molecule has 0 bridgehead atoms. The Kier molecular flexibility index (Phi) is 19.7. The van der Waals surface area contributed by atoms with E-state index in [0.29, 0.717) is 37.4 Å². The monoisotopic (exact) mass is 636 g/mol. The molecule has 3 N–H and O–H groups in total. The second-order valence-electron chi connectivity index (χ2n) is 10.9. The number of carbonyl (C=O) groups excluding carboxylic acids is 2. The summed E-state index contributed by atoms with van der Waals surface area (Å²) >= 11 is 1.41. The molecule has 0 spiro atoms. The number of anilines is 1. The SMILES string of the molecule is CCC=CCC=CCC=CCC=CCC=CCC=CCCC(=O)NCCC(=O)Nc1nc2c(s1)CC(N(CCC)C(=O)O)CC2. The molecule has 0 saturated heterocycles. The van der Waals surface area contributed by atoms with Gasteiger partial charge in [-0.25, -0.2) is 9.78 Å². The number of hydrogen-bond acceptors (Lipinski definition) is 5. The number of rotatable bonds is 21. The first-order chi connectivity index (χ1) is 21.9. The van der Waals surface area contributed by atoms with Gasteiger partial charge in [0.2, 0.25) is 11.8 Å². The number of aryl methyl sites for hydroxylation is 1. The minimum absolute atomic E-state index is 0.0536. The van der Waals surface area contributed by atoms with Crippen LogP contribution in [0.3, 0.4) is 0 Å². The molecule has 9 heteroatoms. The maximum absolute atomic E-state index is 12.4. The topological polar surface area (TPSA) is 112 Å². The molecule has 1 unspecified atom stereocenters. The standard InChI is InChI=1S/C36H52N4O4S/c1-3-5-6-7-8-9-10-11-12-13-14-15-16-17-18-19-20-21-22-23-33(41)37-27-26-34(42)39-35-38-31-25-24-30(29-32(31)45-35)40(28-4-2)36(43)44/h5-6,8-9,11-12,14-15,17-18,20-21,30H,3-4,7,10,13,16,19,22-29H2,1-2H3,(H,37,41)(H,43,44)(H,38,39,42). The van der Waals surface area contributed by atoms with E-state index in [2.05, 4.69) is 89.4 Å². The maximum atomic E-state index is 12.4. The number of carboxylic acid groups (broad SMARTS) is 1. The molecule has 246 valence electrons. The summed E-state index contributed by atoms with van der Waals surface area (Å²) in [7, 11) is 0. The molecule has 0 aromatic carbocycles. The zero-order valence-corrected chi connectivity index (χ0v) is 27.9. The summed E-state index contributed by atoms with van der Waals surface area (Å²) in [5.41, 5.74) is 0.941. The van der Waals surface area contributed by atoms with Crippen LogP contribution in [0.15, 0.2) is 72.9 Å². The summed E-state index contributed by atoms with van der Waals surface area (Å²) in [6, 6.07) is -0.0536. The quantitative estimate of drug-likeness (QED) is 0.118. The van der Waals surface area contributed by atoms with Gasteiger partial charge in [0.05, 0.1) is 5.69 Å². The van der Waals surface area contributed by atoms with Crippen LogP contribution < -0.4 is 10.6 Å². The van der Waals surface area contributed by atoms with E-state index in [1.165, 1.54) is 16.2 Å². The fraction of sp³-hybridized carbons (Fsp3) is 0.500. The summed E-state index contributed by atoms with van der Waals surface area (Å²) < 4.78 is 0. The number of amides is 3. The van der Waals surface area contributed by atoms with Gasteiger partial charge in [-0.2, -0.15) is 0 Å². The van der Waals surface area contributed by atoms with E-state index in [9.17, 15) is 19.5 Å². The Morgan fingerprint density at radius 1 is 0.844 bits per heavy atom. The molecule has 0 radical (unpaired) electrons. The summed E-state index contributed by atoms with van der Waals surface area (Å²) in [5, 5.41) is 15.7. The van der Waals surface area contributed by atoms with Gasteiger partial charge in [-0.3, -0.25) is 9.59 Å². The van der Waals surface area contributed by atoms with Crippen LogP contribution in [0, 0.1) is 0 Å². The van der Waals surface area contributed by atoms with Crippen LogP contribution in [-0.4, -0.2) is 52.0 Å². The molecule has 1 heterocycles. The van der Waals surface area contributed by atoms with Crippen molar-refractivity contribution >= 4 is 34.4 Å². The Morgan fingerprint density at radius 3 is 1.98 bits per heavy atom. The van der Waals surface area contributed by atoms with Crippen molar-refractivity contribution in [2.45, 2.75) is 103 Å². The number of hydrogen-bond donors (Lipinski definition) is 3. The number of fused-ring (bicyclic) bond motifs is 1. The number of nitrogens with one attached hydrogen (secondary N) is 2. The lowest BCUT2D eigenvalue weighted by atomic mass is 9.96. The molecule has 3 amide bonds. The van der Waals surface area contributed by atoms with Crippen LogP contribution in [0.1, 0.15) is 95.0 Å². The van der Waals surface area contributed by atoms with E-state index in [-0.39, 0.29) is 30.8 Å². The largest absolute Gasteiger partial charge is 0.465 e. The van der Waals surface area contributed by atoms with Gasteiger partial charge in [0, 0.05) is 43.3 Å². The number of carbonyl (C=O) groups is 3. The highest BCUT2D eigenvalue weighted by atomic mass is 32.1. The van der Waals surface area contributed by atoms with Crippen LogP contribution >= 0.6 is 11.3 Å². The van der Waals surface area contributed by atoms with E-state index < -0.39 is 6.09 Å². The molecular weight excluding hydrogens is 584 g/mol. The van der Waals surface area contributed by atoms with Gasteiger partial charge in [0.25, 0.3) is 0 Å². The van der Waals surface area contributed by atoms with Crippen molar-refractivity contribution in [2.24, 2.45) is 0 Å². The van der Waals surface area contributed by atoms with Gasteiger partial charge in [-0.15, -0.1) is 11.3 Å². The summed E-state index contributed by atoms with van der Waals surface area (Å²) in [6.07, 6.45) is 34.8. The fourth-order valence-corrected chi connectivity index (χ4v) is 5.89. The van der Waals surface area contributed by atoms with E-state index in [4.69, 9.17) is 0 Å². The predicted octanol–water partition coefficient (Wildman–Crippen LogP) is 8.31. The van der Waals surface area contributed by atoms with Gasteiger partial charge >= 0.3 is 6.09 Å². The molecule has 0 aliphatic heterocycles. The Bertz CT molecular complexity index is 1210. The maximum Gasteiger partial charge on any atom is 0.407 e. The molecule has 0 saturated carbocycles. The minimum Gasteiger partial charge on any atom is -0.465 e. The normalized spacial score (nSPS) is 15.3. The first-order valence-corrected chi connectivity index (χ1v) is 17.2. The number of nitrogens with zero attached hydrogens (tertiary/aromatic N) is 2. The predicted molar refractivity (Wildman–Crippen MR) is 187 cm³/mol. The average molecular weight is 637 g/mol. The fourth-order valence-electron chi connectivity index (χ4n) is 4.79. The molecule has 1 aromatic heterocycles. The van der Waals surface area contributed by atoms with E-state index in [1.807, 2.05) is 13.0 Å². The lowest BCUT2D eigenvalue weighted by Crippen LogP contribution is -2.42. The van der Waals surface area contributed by atoms with Gasteiger partial charge in [0.15, 0.2) is 5.13 Å². The Balaban J connectivity index is 1.51. The molecule has 2 rings (SSSR count). The van der Waals surface area contributed by atoms with Crippen molar-refractivity contribution < 1.29 is 19.5 Å². The summed E-state index contributed by atoms with van der Waals surface area (Å²) in [6.45, 7) is 4.91. The van der Waals surface area contributed by atoms with Crippen molar-refractivity contribution in [3.8, 4) is 0 Å². The molecule has 0 fully saturated rings. The van der Waals surface area contributed by atoms with Crippen LogP contribution in [0.4, 0.5) is 9.93 Å². The molecule has 8 nitrogen and oxygen atoms in total. The number of thiazole rings is 1. The Morgan fingerprint density at radius 2 is 1.42 bits per heavy atom. The first kappa shape index (κ1) is 37.5. The van der Waals surface area contributed by atoms with Crippen molar-refractivity contribution in [1.82, 2.24) is 15.2 Å². The van der Waals surface area contributed by atoms with E-state index >= 15 is 0 Å². The van der Waals surface area contributed by atoms with Crippen molar-refractivity contribution in [1.29, 1.82) is 0 Å². The third-order valence-electron chi connectivity index (χ3n) is 7.12. The second kappa shape index (κ2) is 23.6. The van der Waals surface area contributed by atoms with Crippen molar-refractivity contribution in [3.63, 3.8) is 0 Å². The molecule has 45 heavy (non-hydrogen) atoms. The molecule has 1 atom stereocenters. The lowest BCUT2D eigenvalue weighted by Gasteiger charge is -2.31. The highest BCUT2D eigenvalue weighted by molar-refractivity contribution is 7.15.